The van der Waals surface area contributed by atoms with Crippen LogP contribution in [0.4, 0.5) is 0 Å². The molecule has 1 N–H and O–H groups in total. The third kappa shape index (κ3) is 44.1. The summed E-state index contributed by atoms with van der Waals surface area (Å²) in [6.45, 7) is 3.91. The van der Waals surface area contributed by atoms with Crippen molar-refractivity contribution in [1.82, 2.24) is 0 Å². The molecular weight excluding hydrogens is 748 g/mol. The molecule has 342 valence electrons. The van der Waals surface area contributed by atoms with Gasteiger partial charge >= 0.3 is 19.8 Å². The zero-order chi connectivity index (χ0) is 42.5. The normalized spacial score (nSPS) is 13.4. The number of phosphoric ester groups is 1. The first-order chi connectivity index (χ1) is 28.3. The van der Waals surface area contributed by atoms with Crippen molar-refractivity contribution in [3.8, 4) is 0 Å². The van der Waals surface area contributed by atoms with E-state index in [2.05, 4.69) is 42.7 Å². The predicted octanol–water partition coefficient (Wildman–Crippen LogP) is 15.8. The zero-order valence-electron chi connectivity index (χ0n) is 38.2. The zero-order valence-corrected chi connectivity index (χ0v) is 39.1. The maximum atomic E-state index is 12.6. The van der Waals surface area contributed by atoms with E-state index in [0.717, 1.165) is 52.1 Å². The summed E-state index contributed by atoms with van der Waals surface area (Å²) in [5.41, 5.74) is 0. The molecule has 2 atom stereocenters. The van der Waals surface area contributed by atoms with Gasteiger partial charge in [-0.25, -0.2) is 4.57 Å². The van der Waals surface area contributed by atoms with Crippen LogP contribution in [0.3, 0.4) is 0 Å². The fourth-order valence-corrected chi connectivity index (χ4v) is 7.62. The first kappa shape index (κ1) is 56.5. The highest BCUT2D eigenvalue weighted by molar-refractivity contribution is 7.47. The Morgan fingerprint density at radius 1 is 0.483 bits per heavy atom. The summed E-state index contributed by atoms with van der Waals surface area (Å²) in [6.07, 6.45) is 52.3. The van der Waals surface area contributed by atoms with Gasteiger partial charge in [-0.15, -0.1) is 0 Å². The molecule has 0 saturated carbocycles. The van der Waals surface area contributed by atoms with Crippen molar-refractivity contribution in [2.45, 2.75) is 258 Å². The Bertz CT molecular complexity index is 999. The predicted molar refractivity (Wildman–Crippen MR) is 244 cm³/mol. The number of unbranched alkanes of at least 4 members (excludes halogenated alkanes) is 31. The van der Waals surface area contributed by atoms with Crippen molar-refractivity contribution in [2.75, 3.05) is 20.3 Å². The number of carbonyl (C=O) groups is 2. The van der Waals surface area contributed by atoms with Crippen molar-refractivity contribution in [1.29, 1.82) is 0 Å². The Morgan fingerprint density at radius 2 is 0.828 bits per heavy atom. The Balaban J connectivity index is 3.91. The largest absolute Gasteiger partial charge is 0.472 e. The second-order valence-corrected chi connectivity index (χ2v) is 18.2. The molecule has 58 heavy (non-hydrogen) atoms. The first-order valence-corrected chi connectivity index (χ1v) is 26.0. The summed E-state index contributed by atoms with van der Waals surface area (Å²) in [4.78, 5) is 34.6. The van der Waals surface area contributed by atoms with E-state index >= 15 is 0 Å². The lowest BCUT2D eigenvalue weighted by Gasteiger charge is -2.19. The minimum atomic E-state index is -4.26. The average Bonchev–Trinajstić information content (AvgIpc) is 3.21. The maximum absolute atomic E-state index is 12.6. The number of ether oxygens (including phenoxy) is 2. The van der Waals surface area contributed by atoms with E-state index < -0.39 is 26.5 Å². The molecule has 0 aliphatic carbocycles. The smallest absolute Gasteiger partial charge is 0.462 e. The van der Waals surface area contributed by atoms with Gasteiger partial charge in [-0.1, -0.05) is 218 Å². The summed E-state index contributed by atoms with van der Waals surface area (Å²) in [6, 6.07) is 0. The third-order valence-corrected chi connectivity index (χ3v) is 11.9. The van der Waals surface area contributed by atoms with E-state index in [0.29, 0.717) is 12.8 Å². The molecule has 0 aliphatic rings. The van der Waals surface area contributed by atoms with Crippen LogP contribution in [0.25, 0.3) is 0 Å². The standard InChI is InChI=1S/C49H93O8P/c1-4-6-8-10-12-14-16-18-20-22-24-25-26-28-30-32-34-36-38-40-42-44-49(51)57-47(46-56-58(52,53)54-3)45-55-48(50)43-41-39-37-35-33-31-29-27-23-21-19-17-15-13-11-9-7-5-2/h16,18,22,24,47H,4-15,17,19-21,23,25-46H2,1-3H3,(H,52,53)/b18-16-,24-22-. The van der Waals surface area contributed by atoms with Gasteiger partial charge in [0.25, 0.3) is 0 Å². The lowest BCUT2D eigenvalue weighted by Crippen LogP contribution is -2.29. The van der Waals surface area contributed by atoms with Crippen molar-refractivity contribution < 1.29 is 37.6 Å². The molecule has 0 rings (SSSR count). The lowest BCUT2D eigenvalue weighted by atomic mass is 10.0. The summed E-state index contributed by atoms with van der Waals surface area (Å²) in [5, 5.41) is 0. The minimum absolute atomic E-state index is 0.222. The van der Waals surface area contributed by atoms with Crippen LogP contribution < -0.4 is 0 Å². The van der Waals surface area contributed by atoms with Crippen molar-refractivity contribution in [3.05, 3.63) is 24.3 Å². The molecule has 0 aromatic carbocycles. The van der Waals surface area contributed by atoms with E-state index in [1.54, 1.807) is 0 Å². The van der Waals surface area contributed by atoms with E-state index in [1.807, 2.05) is 0 Å². The maximum Gasteiger partial charge on any atom is 0.472 e. The van der Waals surface area contributed by atoms with Gasteiger partial charge in [-0.3, -0.25) is 18.6 Å². The first-order valence-electron chi connectivity index (χ1n) is 24.5. The number of phosphoric acid groups is 1. The molecule has 0 heterocycles. The summed E-state index contributed by atoms with van der Waals surface area (Å²) < 4.78 is 32.1. The highest BCUT2D eigenvalue weighted by Crippen LogP contribution is 2.42. The van der Waals surface area contributed by atoms with Crippen LogP contribution >= 0.6 is 7.82 Å². The molecule has 0 aromatic heterocycles. The Morgan fingerprint density at radius 3 is 1.21 bits per heavy atom. The van der Waals surface area contributed by atoms with E-state index in [4.69, 9.17) is 14.0 Å². The van der Waals surface area contributed by atoms with Crippen molar-refractivity contribution in [2.24, 2.45) is 0 Å². The highest BCUT2D eigenvalue weighted by atomic mass is 31.2. The highest BCUT2D eigenvalue weighted by Gasteiger charge is 2.24. The SMILES string of the molecule is CCCCCCC/C=C\C/C=C\CCCCCCCCCCCC(=O)OC(COC(=O)CCCCCCCCCCCCCCCCCCCC)COP(=O)(O)OC. The van der Waals surface area contributed by atoms with Crippen LogP contribution in [0.15, 0.2) is 24.3 Å². The minimum Gasteiger partial charge on any atom is -0.462 e. The van der Waals surface area contributed by atoms with E-state index in [1.165, 1.54) is 173 Å². The van der Waals surface area contributed by atoms with Gasteiger partial charge in [0.1, 0.15) is 6.61 Å². The Kier molecular flexibility index (Phi) is 43.9. The third-order valence-electron chi connectivity index (χ3n) is 10.9. The molecule has 0 radical (unpaired) electrons. The molecule has 0 saturated heterocycles. The van der Waals surface area contributed by atoms with Gasteiger partial charge < -0.3 is 14.4 Å². The topological polar surface area (TPSA) is 108 Å². The van der Waals surface area contributed by atoms with Crippen LogP contribution in [0.2, 0.25) is 0 Å². The molecule has 0 spiro atoms. The molecule has 8 nitrogen and oxygen atoms in total. The lowest BCUT2D eigenvalue weighted by molar-refractivity contribution is -0.161. The Labute approximate surface area is 358 Å². The molecule has 2 unspecified atom stereocenters. The van der Waals surface area contributed by atoms with Gasteiger partial charge in [-0.05, 0) is 44.9 Å². The van der Waals surface area contributed by atoms with Crippen molar-refractivity contribution in [3.63, 3.8) is 0 Å². The second-order valence-electron chi connectivity index (χ2n) is 16.6. The molecular formula is C49H93O8P. The van der Waals surface area contributed by atoms with Gasteiger partial charge in [0, 0.05) is 20.0 Å². The second kappa shape index (κ2) is 45.1. The molecule has 0 fully saturated rings. The number of esters is 2. The fourth-order valence-electron chi connectivity index (χ4n) is 7.16. The van der Waals surface area contributed by atoms with Crippen LogP contribution in [0.1, 0.15) is 251 Å². The van der Waals surface area contributed by atoms with Gasteiger partial charge in [0.2, 0.25) is 0 Å². The van der Waals surface area contributed by atoms with Crippen LogP contribution in [-0.4, -0.2) is 43.3 Å². The van der Waals surface area contributed by atoms with Gasteiger partial charge in [-0.2, -0.15) is 0 Å². The Hall–Kier alpha value is -1.47. The number of carbonyl (C=O) groups excluding carboxylic acids is 2. The number of hydrogen-bond acceptors (Lipinski definition) is 7. The number of rotatable bonds is 46. The van der Waals surface area contributed by atoms with E-state index in [-0.39, 0.29) is 19.0 Å². The molecule has 0 aliphatic heterocycles. The van der Waals surface area contributed by atoms with Crippen LogP contribution in [0.5, 0.6) is 0 Å². The van der Waals surface area contributed by atoms with Crippen molar-refractivity contribution >= 4 is 19.8 Å². The molecule has 9 heteroatoms. The van der Waals surface area contributed by atoms with Gasteiger partial charge in [0.15, 0.2) is 6.10 Å². The summed E-state index contributed by atoms with van der Waals surface area (Å²) >= 11 is 0. The summed E-state index contributed by atoms with van der Waals surface area (Å²) in [7, 11) is -3.20. The fraction of sp³-hybridized carbons (Fsp3) is 0.878. The number of allylic oxidation sites excluding steroid dienone is 4. The quantitative estimate of drug-likeness (QED) is 0.0279. The van der Waals surface area contributed by atoms with Gasteiger partial charge in [0.05, 0.1) is 6.61 Å². The average molecular weight is 841 g/mol. The monoisotopic (exact) mass is 841 g/mol. The molecule has 0 bridgehead atoms. The van der Waals surface area contributed by atoms with E-state index in [9.17, 15) is 19.0 Å². The molecule has 0 aromatic rings. The number of hydrogen-bond donors (Lipinski definition) is 1. The van der Waals surface area contributed by atoms with Crippen LogP contribution in [-0.2, 0) is 32.7 Å². The van der Waals surface area contributed by atoms with Crippen LogP contribution in [0, 0.1) is 0 Å². The molecule has 0 amide bonds. The summed E-state index contributed by atoms with van der Waals surface area (Å²) in [5.74, 6) is -0.795.